The zero-order chi connectivity index (χ0) is 14.9. The molecule has 0 saturated carbocycles. The summed E-state index contributed by atoms with van der Waals surface area (Å²) in [6.45, 7) is 2.42. The van der Waals surface area contributed by atoms with E-state index in [2.05, 4.69) is 0 Å². The fraction of sp³-hybridized carbons (Fsp3) is 0.385. The largest absolute Gasteiger partial charge is 0.481 e. The molecule has 0 bridgehead atoms. The number of nitro benzene ring substituents is 1. The molecule has 1 aromatic rings. The minimum atomic E-state index is -0.867. The second-order valence-corrected chi connectivity index (χ2v) is 4.93. The fourth-order valence-electron chi connectivity index (χ4n) is 2.29. The summed E-state index contributed by atoms with van der Waals surface area (Å²) in [6, 6.07) is 4.24. The summed E-state index contributed by atoms with van der Waals surface area (Å²) in [5.74, 6) is -1.09. The highest BCUT2D eigenvalue weighted by Crippen LogP contribution is 2.24. The van der Waals surface area contributed by atoms with Gasteiger partial charge < -0.3 is 10.0 Å². The van der Waals surface area contributed by atoms with Crippen molar-refractivity contribution in [2.24, 2.45) is 5.92 Å². The number of carboxylic acids is 1. The number of hydrogen-bond donors (Lipinski definition) is 1. The Labute approximate surface area is 115 Å². The van der Waals surface area contributed by atoms with Crippen LogP contribution in [0.1, 0.15) is 22.3 Å². The Balaban J connectivity index is 2.03. The Bertz CT molecular complexity index is 578. The van der Waals surface area contributed by atoms with Crippen LogP contribution in [0.5, 0.6) is 0 Å². The Morgan fingerprint density at radius 3 is 2.60 bits per heavy atom. The molecule has 1 heterocycles. The summed E-state index contributed by atoms with van der Waals surface area (Å²) >= 11 is 0. The average Bonchev–Trinajstić information content (AvgIpc) is 2.31. The van der Waals surface area contributed by atoms with Crippen molar-refractivity contribution in [2.45, 2.75) is 13.3 Å². The molecule has 0 spiro atoms. The van der Waals surface area contributed by atoms with Gasteiger partial charge in [-0.15, -0.1) is 0 Å². The van der Waals surface area contributed by atoms with Gasteiger partial charge in [-0.3, -0.25) is 19.7 Å². The highest BCUT2D eigenvalue weighted by molar-refractivity contribution is 5.95. The molecule has 1 aromatic carbocycles. The predicted octanol–water partition coefficient (Wildman–Crippen LogP) is 1.45. The van der Waals surface area contributed by atoms with E-state index in [1.807, 2.05) is 0 Å². The summed E-state index contributed by atoms with van der Waals surface area (Å²) in [7, 11) is 0. The van der Waals surface area contributed by atoms with Crippen molar-refractivity contribution in [1.29, 1.82) is 0 Å². The standard InChI is InChI=1S/C13H14N2O5/c1-8-4-10(2-3-11(8)15(19)20)13(18)14-6-9(7-14)5-12(16)17/h2-4,9H,5-7H2,1H3,(H,16,17). The van der Waals surface area contributed by atoms with E-state index in [1.165, 1.54) is 18.2 Å². The first-order chi connectivity index (χ1) is 9.38. The highest BCUT2D eigenvalue weighted by atomic mass is 16.6. The van der Waals surface area contributed by atoms with Crippen LogP contribution in [0.2, 0.25) is 0 Å². The maximum atomic E-state index is 12.1. The van der Waals surface area contributed by atoms with Gasteiger partial charge in [-0.25, -0.2) is 0 Å². The monoisotopic (exact) mass is 278 g/mol. The smallest absolute Gasteiger partial charge is 0.303 e. The highest BCUT2D eigenvalue weighted by Gasteiger charge is 2.32. The Kier molecular flexibility index (Phi) is 3.69. The number of aryl methyl sites for hydroxylation is 1. The molecule has 0 atom stereocenters. The van der Waals surface area contributed by atoms with Crippen molar-refractivity contribution in [3.63, 3.8) is 0 Å². The van der Waals surface area contributed by atoms with Gasteiger partial charge in [0.05, 0.1) is 11.3 Å². The lowest BCUT2D eigenvalue weighted by Crippen LogP contribution is -2.50. The number of benzene rings is 1. The van der Waals surface area contributed by atoms with Gasteiger partial charge in [-0.05, 0) is 19.1 Å². The van der Waals surface area contributed by atoms with Crippen LogP contribution in [0.3, 0.4) is 0 Å². The average molecular weight is 278 g/mol. The van der Waals surface area contributed by atoms with E-state index in [-0.39, 0.29) is 23.9 Å². The number of amides is 1. The number of nitro groups is 1. The molecule has 0 unspecified atom stereocenters. The molecule has 1 aliphatic heterocycles. The van der Waals surface area contributed by atoms with Crippen molar-refractivity contribution in [2.75, 3.05) is 13.1 Å². The van der Waals surface area contributed by atoms with Gasteiger partial charge >= 0.3 is 5.97 Å². The Morgan fingerprint density at radius 1 is 1.45 bits per heavy atom. The molecular weight excluding hydrogens is 264 g/mol. The molecular formula is C13H14N2O5. The summed E-state index contributed by atoms with van der Waals surface area (Å²) < 4.78 is 0. The molecule has 1 fully saturated rings. The normalized spacial score (nSPS) is 14.8. The van der Waals surface area contributed by atoms with Crippen LogP contribution in [0.4, 0.5) is 5.69 Å². The van der Waals surface area contributed by atoms with Crippen LogP contribution >= 0.6 is 0 Å². The second kappa shape index (κ2) is 5.28. The van der Waals surface area contributed by atoms with Crippen molar-refractivity contribution in [3.8, 4) is 0 Å². The third-order valence-corrected chi connectivity index (χ3v) is 3.35. The molecule has 0 aliphatic carbocycles. The number of hydrogen-bond acceptors (Lipinski definition) is 4. The summed E-state index contributed by atoms with van der Waals surface area (Å²) in [6.07, 6.45) is 0.0586. The zero-order valence-corrected chi connectivity index (χ0v) is 10.9. The minimum absolute atomic E-state index is 0.00408. The van der Waals surface area contributed by atoms with Crippen LogP contribution in [0, 0.1) is 23.0 Å². The van der Waals surface area contributed by atoms with Crippen LogP contribution < -0.4 is 0 Å². The third kappa shape index (κ3) is 2.76. The molecule has 1 amide bonds. The van der Waals surface area contributed by atoms with Crippen molar-refractivity contribution in [1.82, 2.24) is 4.90 Å². The number of carboxylic acid groups (broad SMARTS) is 1. The molecule has 20 heavy (non-hydrogen) atoms. The molecule has 1 saturated heterocycles. The number of likely N-dealkylation sites (tertiary alicyclic amines) is 1. The lowest BCUT2D eigenvalue weighted by Gasteiger charge is -2.38. The lowest BCUT2D eigenvalue weighted by atomic mass is 9.95. The van der Waals surface area contributed by atoms with Crippen molar-refractivity contribution >= 4 is 17.6 Å². The van der Waals surface area contributed by atoms with E-state index >= 15 is 0 Å². The maximum Gasteiger partial charge on any atom is 0.303 e. The summed E-state index contributed by atoms with van der Waals surface area (Å²) in [5, 5.41) is 19.3. The van der Waals surface area contributed by atoms with E-state index in [0.29, 0.717) is 24.2 Å². The Hall–Kier alpha value is -2.44. The molecule has 2 rings (SSSR count). The van der Waals surface area contributed by atoms with E-state index in [9.17, 15) is 19.7 Å². The van der Waals surface area contributed by atoms with Gasteiger partial charge in [0.1, 0.15) is 0 Å². The fourth-order valence-corrected chi connectivity index (χ4v) is 2.29. The third-order valence-electron chi connectivity index (χ3n) is 3.35. The van der Waals surface area contributed by atoms with Gasteiger partial charge in [0.2, 0.25) is 0 Å². The zero-order valence-electron chi connectivity index (χ0n) is 10.9. The Morgan fingerprint density at radius 2 is 2.10 bits per heavy atom. The molecule has 0 radical (unpaired) electrons. The molecule has 1 aliphatic rings. The summed E-state index contributed by atoms with van der Waals surface area (Å²) in [5.41, 5.74) is 0.805. The van der Waals surface area contributed by atoms with E-state index in [4.69, 9.17) is 5.11 Å². The van der Waals surface area contributed by atoms with E-state index < -0.39 is 10.9 Å². The van der Waals surface area contributed by atoms with Crippen molar-refractivity contribution < 1.29 is 19.6 Å². The van der Waals surface area contributed by atoms with E-state index in [0.717, 1.165) is 0 Å². The molecule has 7 heteroatoms. The maximum absolute atomic E-state index is 12.1. The molecule has 1 N–H and O–H groups in total. The SMILES string of the molecule is Cc1cc(C(=O)N2CC(CC(=O)O)C2)ccc1[N+](=O)[O-]. The quantitative estimate of drug-likeness (QED) is 0.663. The molecule has 7 nitrogen and oxygen atoms in total. The first-order valence-electron chi connectivity index (χ1n) is 6.14. The molecule has 0 aromatic heterocycles. The first kappa shape index (κ1) is 14.0. The van der Waals surface area contributed by atoms with Crippen LogP contribution in [0.25, 0.3) is 0 Å². The number of rotatable bonds is 4. The van der Waals surface area contributed by atoms with Gasteiger partial charge in [0, 0.05) is 36.2 Å². The molecule has 106 valence electrons. The topological polar surface area (TPSA) is 101 Å². The van der Waals surface area contributed by atoms with Gasteiger partial charge in [0.25, 0.3) is 11.6 Å². The van der Waals surface area contributed by atoms with Gasteiger partial charge in [0.15, 0.2) is 0 Å². The number of aliphatic carboxylic acids is 1. The van der Waals surface area contributed by atoms with Gasteiger partial charge in [-0.2, -0.15) is 0 Å². The number of carbonyl (C=O) groups is 2. The minimum Gasteiger partial charge on any atom is -0.481 e. The van der Waals surface area contributed by atoms with Gasteiger partial charge in [-0.1, -0.05) is 0 Å². The van der Waals surface area contributed by atoms with Crippen LogP contribution in [-0.4, -0.2) is 39.9 Å². The predicted molar refractivity (Wildman–Crippen MR) is 69.5 cm³/mol. The van der Waals surface area contributed by atoms with Crippen LogP contribution in [-0.2, 0) is 4.79 Å². The van der Waals surface area contributed by atoms with E-state index in [1.54, 1.807) is 11.8 Å². The number of carbonyl (C=O) groups excluding carboxylic acids is 1. The summed E-state index contributed by atoms with van der Waals surface area (Å²) in [4.78, 5) is 34.4. The van der Waals surface area contributed by atoms with Crippen LogP contribution in [0.15, 0.2) is 18.2 Å². The van der Waals surface area contributed by atoms with Crippen molar-refractivity contribution in [3.05, 3.63) is 39.4 Å². The number of nitrogens with zero attached hydrogens (tertiary/aromatic N) is 2. The second-order valence-electron chi connectivity index (χ2n) is 4.93. The lowest BCUT2D eigenvalue weighted by molar-refractivity contribution is -0.385. The first-order valence-corrected chi connectivity index (χ1v) is 6.14.